The number of rotatable bonds is 0. The zero-order valence-corrected chi connectivity index (χ0v) is 3.81. The van der Waals surface area contributed by atoms with Crippen LogP contribution in [-0.4, -0.2) is 12.8 Å². The third-order valence-corrected chi connectivity index (χ3v) is 0. The summed E-state index contributed by atoms with van der Waals surface area (Å²) >= 11 is 0. The van der Waals surface area contributed by atoms with Gasteiger partial charge in [-0.3, -0.25) is 7.32 Å². The van der Waals surface area contributed by atoms with Gasteiger partial charge in [0.2, 0.25) is 0 Å². The minimum Gasteiger partial charge on any atom is -0.907 e. The van der Waals surface area contributed by atoms with Crippen LogP contribution in [0.5, 0.6) is 0 Å². The first-order chi connectivity index (χ1) is 1.73. The minimum atomic E-state index is -2.92. The van der Waals surface area contributed by atoms with E-state index in [-0.39, 0.29) is 22.5 Å². The smallest absolute Gasteiger partial charge is 0.907 e. The maximum Gasteiger partial charge on any atom is 4.00 e. The second-order valence-corrected chi connectivity index (χ2v) is 0.289. The molecule has 0 saturated heterocycles. The van der Waals surface area contributed by atoms with Gasteiger partial charge in [-0.1, -0.05) is 0 Å². The van der Waals surface area contributed by atoms with Crippen molar-refractivity contribution in [1.82, 2.24) is 0 Å². The van der Waals surface area contributed by atoms with Crippen LogP contribution in [0.2, 0.25) is 0 Å². The predicted octanol–water partition coefficient (Wildman–Crippen LogP) is -4.13. The summed E-state index contributed by atoms with van der Waals surface area (Å²) in [4.78, 5) is 0. The molecule has 0 heterocycles. The van der Waals surface area contributed by atoms with Gasteiger partial charge in [-0.15, -0.1) is 0 Å². The second kappa shape index (κ2) is 9.06. The molecule has 0 aliphatic rings. The summed E-state index contributed by atoms with van der Waals surface area (Å²) in [6.07, 6.45) is 0. The number of hydrogen-bond donors (Lipinski definition) is 0. The maximum absolute atomic E-state index is 8.42. The monoisotopic (exact) mass is 131 g/mol. The SMILES string of the molecule is [Mn+4].[O-]B([O-])[O-].[OH-]. The summed E-state index contributed by atoms with van der Waals surface area (Å²) in [5.74, 6) is 0. The Labute approximate surface area is 45.8 Å². The first-order valence-electron chi connectivity index (χ1n) is 0.707. The van der Waals surface area contributed by atoms with Crippen LogP contribution in [0.4, 0.5) is 0 Å². The average Bonchev–Trinajstić information content (AvgIpc) is 0.811. The molecular weight excluding hydrogens is 130 g/mol. The molecule has 6 heavy (non-hydrogen) atoms. The van der Waals surface area contributed by atoms with E-state index in [2.05, 4.69) is 0 Å². The summed E-state index contributed by atoms with van der Waals surface area (Å²) in [7, 11) is -2.92. The summed E-state index contributed by atoms with van der Waals surface area (Å²) in [6, 6.07) is 0. The molecule has 0 unspecified atom stereocenters. The fourth-order valence-electron chi connectivity index (χ4n) is 0. The van der Waals surface area contributed by atoms with Crippen LogP contribution >= 0.6 is 0 Å². The van der Waals surface area contributed by atoms with Crippen LogP contribution in [0.25, 0.3) is 0 Å². The molecule has 0 bridgehead atoms. The molecule has 0 fully saturated rings. The van der Waals surface area contributed by atoms with E-state index in [0.29, 0.717) is 0 Å². The van der Waals surface area contributed by atoms with E-state index in [1.165, 1.54) is 0 Å². The van der Waals surface area contributed by atoms with E-state index in [4.69, 9.17) is 15.1 Å². The summed E-state index contributed by atoms with van der Waals surface area (Å²) in [5.41, 5.74) is 0. The summed E-state index contributed by atoms with van der Waals surface area (Å²) in [6.45, 7) is 0. The minimum absolute atomic E-state index is 0. The third-order valence-electron chi connectivity index (χ3n) is 0. The summed E-state index contributed by atoms with van der Waals surface area (Å²) < 4.78 is 0. The third kappa shape index (κ3) is 288. The van der Waals surface area contributed by atoms with Crippen molar-refractivity contribution in [3.63, 3.8) is 0 Å². The van der Waals surface area contributed by atoms with Crippen molar-refractivity contribution >= 4 is 7.32 Å². The van der Waals surface area contributed by atoms with Gasteiger partial charge in [0.25, 0.3) is 0 Å². The van der Waals surface area contributed by atoms with E-state index >= 15 is 0 Å². The zero-order chi connectivity index (χ0) is 3.58. The molecule has 0 amide bonds. The van der Waals surface area contributed by atoms with E-state index in [9.17, 15) is 0 Å². The van der Waals surface area contributed by atoms with Gasteiger partial charge < -0.3 is 20.5 Å². The van der Waals surface area contributed by atoms with E-state index in [1.54, 1.807) is 0 Å². The Morgan fingerprint density at radius 2 is 1.00 bits per heavy atom. The molecular formula is HBMnO4. The number of hydrogen-bond acceptors (Lipinski definition) is 4. The molecule has 0 aliphatic heterocycles. The molecule has 0 spiro atoms. The van der Waals surface area contributed by atoms with E-state index in [1.807, 2.05) is 0 Å². The van der Waals surface area contributed by atoms with Gasteiger partial charge >= 0.3 is 17.1 Å². The van der Waals surface area contributed by atoms with Crippen LogP contribution in [0.3, 0.4) is 0 Å². The van der Waals surface area contributed by atoms with E-state index in [0.717, 1.165) is 0 Å². The first-order valence-corrected chi connectivity index (χ1v) is 0.707. The largest absolute Gasteiger partial charge is 4.00 e. The Kier molecular flexibility index (Phi) is 24.3. The molecule has 4 nitrogen and oxygen atoms in total. The molecule has 0 saturated carbocycles. The van der Waals surface area contributed by atoms with Crippen LogP contribution < -0.4 is 15.1 Å². The fourth-order valence-corrected chi connectivity index (χ4v) is 0. The van der Waals surface area contributed by atoms with Crippen molar-refractivity contribution in [3.05, 3.63) is 0 Å². The predicted molar refractivity (Wildman–Crippen MR) is 7.69 cm³/mol. The fraction of sp³-hybridized carbons (Fsp3) is 0. The van der Waals surface area contributed by atoms with Crippen LogP contribution in [-0.2, 0) is 17.1 Å². The standard InChI is InChI=1S/BO3.Mn.H2O/c2-1(3)4;;/h;;1H2/q-3;+4;/p-1. The van der Waals surface area contributed by atoms with Crippen molar-refractivity contribution < 1.29 is 37.6 Å². The van der Waals surface area contributed by atoms with Crippen molar-refractivity contribution in [2.45, 2.75) is 0 Å². The quantitative estimate of drug-likeness (QED) is 0.311. The molecule has 0 rings (SSSR count). The van der Waals surface area contributed by atoms with Gasteiger partial charge in [0, 0.05) is 0 Å². The molecule has 1 N–H and O–H groups in total. The van der Waals surface area contributed by atoms with Crippen molar-refractivity contribution in [1.29, 1.82) is 0 Å². The molecule has 0 aliphatic carbocycles. The average molecular weight is 131 g/mol. The van der Waals surface area contributed by atoms with Gasteiger partial charge in [0.05, 0.1) is 0 Å². The Hall–Kier alpha value is 0.424. The Morgan fingerprint density at radius 3 is 1.00 bits per heavy atom. The molecule has 0 aromatic heterocycles. The Bertz CT molecular complexity index is 12.3. The van der Waals surface area contributed by atoms with Crippen molar-refractivity contribution in [2.24, 2.45) is 0 Å². The van der Waals surface area contributed by atoms with Gasteiger partial charge in [-0.25, -0.2) is 0 Å². The Morgan fingerprint density at radius 1 is 1.00 bits per heavy atom. The molecule has 0 aromatic carbocycles. The Balaban J connectivity index is -0.0000000450. The van der Waals surface area contributed by atoms with Gasteiger partial charge in [0.1, 0.15) is 0 Å². The first kappa shape index (κ1) is 16.1. The normalized spacial score (nSPS) is 4.50. The summed E-state index contributed by atoms with van der Waals surface area (Å²) in [5, 5.41) is 25.2. The molecule has 0 aromatic rings. The second-order valence-electron chi connectivity index (χ2n) is 0.289. The van der Waals surface area contributed by atoms with Gasteiger partial charge in [0.15, 0.2) is 0 Å². The molecule has 1 radical (unpaired) electrons. The van der Waals surface area contributed by atoms with E-state index < -0.39 is 7.32 Å². The van der Waals surface area contributed by atoms with Gasteiger partial charge in [-0.05, 0) is 0 Å². The van der Waals surface area contributed by atoms with Gasteiger partial charge in [-0.2, -0.15) is 0 Å². The van der Waals surface area contributed by atoms with Crippen LogP contribution in [0.1, 0.15) is 0 Å². The van der Waals surface area contributed by atoms with Crippen LogP contribution in [0.15, 0.2) is 0 Å². The van der Waals surface area contributed by atoms with Crippen molar-refractivity contribution in [3.8, 4) is 0 Å². The molecule has 0 atom stereocenters. The zero-order valence-electron chi connectivity index (χ0n) is 2.63. The van der Waals surface area contributed by atoms with Crippen LogP contribution in [0, 0.1) is 0 Å². The maximum atomic E-state index is 8.42. The van der Waals surface area contributed by atoms with Crippen molar-refractivity contribution in [2.75, 3.05) is 0 Å². The molecule has 6 heteroatoms. The topological polar surface area (TPSA) is 99.2 Å². The molecule has 35 valence electrons.